The van der Waals surface area contributed by atoms with Crippen LogP contribution in [0.1, 0.15) is 67.2 Å². The molecule has 0 aromatic heterocycles. The molecule has 2 heteroatoms. The van der Waals surface area contributed by atoms with Crippen LogP contribution >= 0.6 is 0 Å². The van der Waals surface area contributed by atoms with Crippen molar-refractivity contribution in [1.29, 1.82) is 0 Å². The van der Waals surface area contributed by atoms with Crippen molar-refractivity contribution in [2.24, 2.45) is 35.5 Å². The van der Waals surface area contributed by atoms with Gasteiger partial charge in [0.15, 0.2) is 0 Å². The van der Waals surface area contributed by atoms with Gasteiger partial charge in [0, 0.05) is 0 Å². The van der Waals surface area contributed by atoms with Crippen LogP contribution < -0.4 is 0 Å². The summed E-state index contributed by atoms with van der Waals surface area (Å²) in [6.45, 7) is 15.1. The van der Waals surface area contributed by atoms with E-state index in [2.05, 4.69) is 65.8 Å². The van der Waals surface area contributed by atoms with E-state index >= 15 is 0 Å². The molecule has 0 aromatic carbocycles. The van der Waals surface area contributed by atoms with Crippen molar-refractivity contribution in [2.75, 3.05) is 0 Å². The molecule has 0 radical (unpaired) electrons. The van der Waals surface area contributed by atoms with Crippen LogP contribution in [0.4, 0.5) is 0 Å². The van der Waals surface area contributed by atoms with Gasteiger partial charge in [0.2, 0.25) is 0 Å². The Morgan fingerprint density at radius 2 is 0.912 bits per heavy atom. The molecule has 0 aromatic rings. The molecule has 1 saturated heterocycles. The van der Waals surface area contributed by atoms with Crippen LogP contribution in [0.25, 0.3) is 0 Å². The summed E-state index contributed by atoms with van der Waals surface area (Å²) in [5, 5.41) is 0. The molecular formula is C32H54HfSi. The Hall–Kier alpha value is 0.0470. The quantitative estimate of drug-likeness (QED) is 0.207. The Morgan fingerprint density at radius 1 is 0.588 bits per heavy atom. The van der Waals surface area contributed by atoms with Crippen LogP contribution in [-0.2, 0) is 25.8 Å². The molecule has 1 heterocycles. The van der Waals surface area contributed by atoms with Gasteiger partial charge in [-0.05, 0) is 87.1 Å². The minimum Gasteiger partial charge on any atom is -0.358 e. The van der Waals surface area contributed by atoms with E-state index in [4.69, 9.17) is 0 Å². The third-order valence-corrected chi connectivity index (χ3v) is 17.5. The summed E-state index contributed by atoms with van der Waals surface area (Å²) < 4.78 is 0. The van der Waals surface area contributed by atoms with Gasteiger partial charge in [-0.25, -0.2) is 0 Å². The van der Waals surface area contributed by atoms with Gasteiger partial charge in [0.1, 0.15) is 0 Å². The van der Waals surface area contributed by atoms with Crippen molar-refractivity contribution in [3.8, 4) is 0 Å². The van der Waals surface area contributed by atoms with Gasteiger partial charge in [-0.1, -0.05) is 85.4 Å². The molecule has 0 spiro atoms. The van der Waals surface area contributed by atoms with Crippen LogP contribution in [-0.4, -0.2) is 8.07 Å². The first-order chi connectivity index (χ1) is 13.8. The van der Waals surface area contributed by atoms with E-state index in [0.717, 1.165) is 46.6 Å². The van der Waals surface area contributed by atoms with E-state index in [0.29, 0.717) is 0 Å². The van der Waals surface area contributed by atoms with E-state index in [1.807, 2.05) is 0 Å². The second kappa shape index (κ2) is 12.5. The van der Waals surface area contributed by atoms with E-state index in [9.17, 15) is 0 Å². The summed E-state index contributed by atoms with van der Waals surface area (Å²) in [6.07, 6.45) is 15.9. The zero-order valence-corrected chi connectivity index (χ0v) is 28.8. The third kappa shape index (κ3) is 4.94. The van der Waals surface area contributed by atoms with Crippen molar-refractivity contribution in [3.05, 3.63) is 76.3 Å². The second-order valence-electron chi connectivity index (χ2n) is 11.8. The normalized spacial score (nSPS) is 39.1. The van der Waals surface area contributed by atoms with Crippen molar-refractivity contribution in [1.82, 2.24) is 0 Å². The molecule has 8 unspecified atom stereocenters. The van der Waals surface area contributed by atoms with E-state index in [-0.39, 0.29) is 55.5 Å². The molecule has 34 heavy (non-hydrogen) atoms. The molecule has 2 saturated carbocycles. The maximum Gasteiger partial charge on any atom is 4.00 e. The standard InChI is InChI=1S/C28H42Si.4CH3.Hf/c1-17-9-11-19(3)25-23(17)15-21(5)27(25)29(13-7-8-14-29)28-22(6)16-24-18(2)10-12-20(4)26(24)28;;;;;/h9-12,21-28H,7-8,13-16H2,1-6H3;4*1H3;/q;4*-1;+4. The molecule has 8 atom stereocenters. The maximum absolute atomic E-state index is 2.66. The molecular weight excluding hydrogens is 591 g/mol. The fourth-order valence-electron chi connectivity index (χ4n) is 9.50. The van der Waals surface area contributed by atoms with Gasteiger partial charge in [0.05, 0.1) is 8.07 Å². The van der Waals surface area contributed by atoms with Gasteiger partial charge < -0.3 is 29.7 Å². The molecule has 4 aliphatic carbocycles. The summed E-state index contributed by atoms with van der Waals surface area (Å²) in [5.41, 5.74) is 8.87. The monoisotopic (exact) mass is 646 g/mol. The summed E-state index contributed by atoms with van der Waals surface area (Å²) in [6, 6.07) is 3.27. The van der Waals surface area contributed by atoms with E-state index in [1.54, 1.807) is 34.4 Å². The summed E-state index contributed by atoms with van der Waals surface area (Å²) in [7, 11) is -1.39. The van der Waals surface area contributed by atoms with E-state index in [1.165, 1.54) is 25.7 Å². The Kier molecular flexibility index (Phi) is 12.5. The number of rotatable bonds is 2. The van der Waals surface area contributed by atoms with Crippen LogP contribution in [0.2, 0.25) is 23.2 Å². The Bertz CT molecular complexity index is 747. The van der Waals surface area contributed by atoms with Crippen molar-refractivity contribution < 1.29 is 25.8 Å². The molecule has 3 fully saturated rings. The largest absolute Gasteiger partial charge is 4.00 e. The van der Waals surface area contributed by atoms with Gasteiger partial charge in [0.25, 0.3) is 0 Å². The summed E-state index contributed by atoms with van der Waals surface area (Å²) in [5.74, 6) is 5.29. The Balaban J connectivity index is 0.00000218. The van der Waals surface area contributed by atoms with Crippen molar-refractivity contribution >= 4 is 8.07 Å². The molecule has 5 aliphatic rings. The first-order valence-corrected chi connectivity index (χ1v) is 15.1. The molecule has 0 amide bonds. The average Bonchev–Trinajstić information content (AvgIpc) is 3.37. The number of allylic oxidation sites excluding steroid dienone is 8. The SMILES string of the molecule is CC1=CC=C(C)C2C1CC(C)C2[Si]1(C2C(C)CC3C(C)=CC=C(C)C32)CCCC1.[CH3-].[CH3-].[CH3-].[CH3-].[Hf+4]. The first-order valence-electron chi connectivity index (χ1n) is 12.5. The molecule has 5 rings (SSSR count). The molecule has 1 aliphatic heterocycles. The van der Waals surface area contributed by atoms with E-state index < -0.39 is 8.07 Å². The molecule has 0 N–H and O–H groups in total. The summed E-state index contributed by atoms with van der Waals surface area (Å²) >= 11 is 0. The van der Waals surface area contributed by atoms with Gasteiger partial charge in [-0.3, -0.25) is 0 Å². The first kappa shape index (κ1) is 34.0. The average molecular weight is 645 g/mol. The smallest absolute Gasteiger partial charge is 0.358 e. The topological polar surface area (TPSA) is 0 Å². The van der Waals surface area contributed by atoms with Crippen molar-refractivity contribution in [3.63, 3.8) is 0 Å². The molecule has 0 bridgehead atoms. The van der Waals surface area contributed by atoms with Crippen LogP contribution in [0.3, 0.4) is 0 Å². The Morgan fingerprint density at radius 3 is 1.26 bits per heavy atom. The number of hydrogen-bond donors (Lipinski definition) is 0. The number of fused-ring (bicyclic) bond motifs is 2. The van der Waals surface area contributed by atoms with Gasteiger partial charge in [-0.15, -0.1) is 0 Å². The van der Waals surface area contributed by atoms with Gasteiger partial charge >= 0.3 is 25.8 Å². The zero-order chi connectivity index (χ0) is 20.5. The fraction of sp³-hybridized carbons (Fsp3) is 0.625. The summed E-state index contributed by atoms with van der Waals surface area (Å²) in [4.78, 5) is 0. The van der Waals surface area contributed by atoms with Gasteiger partial charge in [-0.2, -0.15) is 0 Å². The number of hydrogen-bond acceptors (Lipinski definition) is 0. The van der Waals surface area contributed by atoms with Crippen LogP contribution in [0.15, 0.2) is 46.6 Å². The predicted octanol–water partition coefficient (Wildman–Crippen LogP) is 10.1. The van der Waals surface area contributed by atoms with Crippen LogP contribution in [0, 0.1) is 65.2 Å². The predicted molar refractivity (Wildman–Crippen MR) is 154 cm³/mol. The van der Waals surface area contributed by atoms with Crippen molar-refractivity contribution in [2.45, 2.75) is 90.4 Å². The molecule has 0 nitrogen and oxygen atoms in total. The Labute approximate surface area is 235 Å². The molecule has 190 valence electrons. The minimum atomic E-state index is -1.39. The second-order valence-corrected chi connectivity index (χ2v) is 16.6. The fourth-order valence-corrected chi connectivity index (χ4v) is 18.3. The maximum atomic E-state index is 2.66. The zero-order valence-electron chi connectivity index (χ0n) is 24.2. The third-order valence-electron chi connectivity index (χ3n) is 10.4. The minimum absolute atomic E-state index is 0. The van der Waals surface area contributed by atoms with Crippen LogP contribution in [0.5, 0.6) is 0 Å².